The molecule has 6 heteroatoms. The molecule has 0 unspecified atom stereocenters. The van der Waals surface area contributed by atoms with Gasteiger partial charge in [0.1, 0.15) is 16.2 Å². The molecule has 4 nitrogen and oxygen atoms in total. The normalized spacial score (nSPS) is 10.4. The molecule has 1 heterocycles. The summed E-state index contributed by atoms with van der Waals surface area (Å²) in [6, 6.07) is 8.22. The lowest BCUT2D eigenvalue weighted by Crippen LogP contribution is -2.20. The number of nitrogens with zero attached hydrogens (tertiary/aromatic N) is 3. The Kier molecular flexibility index (Phi) is 3.76. The van der Waals surface area contributed by atoms with Gasteiger partial charge in [-0.25, -0.2) is 9.37 Å². The Bertz CT molecular complexity index is 541. The summed E-state index contributed by atoms with van der Waals surface area (Å²) in [7, 11) is 1.79. The summed E-state index contributed by atoms with van der Waals surface area (Å²) >= 11 is 3.25. The molecule has 94 valence electrons. The van der Waals surface area contributed by atoms with E-state index in [9.17, 15) is 4.39 Å². The van der Waals surface area contributed by atoms with Crippen molar-refractivity contribution in [2.75, 3.05) is 17.7 Å². The second-order valence-electron chi connectivity index (χ2n) is 3.86. The average molecular weight is 311 g/mol. The van der Waals surface area contributed by atoms with Crippen LogP contribution in [0.1, 0.15) is 5.56 Å². The molecule has 0 radical (unpaired) electrons. The van der Waals surface area contributed by atoms with Gasteiger partial charge in [-0.2, -0.15) is 4.98 Å². The van der Waals surface area contributed by atoms with E-state index in [0.717, 1.165) is 0 Å². The van der Waals surface area contributed by atoms with Gasteiger partial charge in [0.25, 0.3) is 0 Å². The highest BCUT2D eigenvalue weighted by Crippen LogP contribution is 2.17. The molecule has 2 rings (SSSR count). The fraction of sp³-hybridized carbons (Fsp3) is 0.167. The number of aromatic nitrogens is 2. The average Bonchev–Trinajstić information content (AvgIpc) is 2.31. The molecule has 0 spiro atoms. The Morgan fingerprint density at radius 2 is 2.06 bits per heavy atom. The second kappa shape index (κ2) is 5.30. The Morgan fingerprint density at radius 1 is 1.33 bits per heavy atom. The minimum Gasteiger partial charge on any atom is -0.383 e. The number of nitrogens with two attached hydrogens (primary N) is 1. The molecule has 0 aliphatic heterocycles. The SMILES string of the molecule is CN(Cc1ccccc1F)c1nc(N)cc(Br)n1. The highest BCUT2D eigenvalue weighted by molar-refractivity contribution is 9.10. The minimum atomic E-state index is -0.243. The molecule has 0 fully saturated rings. The number of benzene rings is 1. The molecule has 0 aliphatic carbocycles. The fourth-order valence-corrected chi connectivity index (χ4v) is 1.94. The van der Waals surface area contributed by atoms with Crippen molar-refractivity contribution < 1.29 is 4.39 Å². The summed E-state index contributed by atoms with van der Waals surface area (Å²) in [4.78, 5) is 10.0. The van der Waals surface area contributed by atoms with E-state index in [0.29, 0.717) is 28.5 Å². The van der Waals surface area contributed by atoms with Gasteiger partial charge in [-0.3, -0.25) is 0 Å². The summed E-state index contributed by atoms with van der Waals surface area (Å²) in [5, 5.41) is 0. The predicted molar refractivity (Wildman–Crippen MR) is 72.7 cm³/mol. The third-order valence-corrected chi connectivity index (χ3v) is 2.82. The monoisotopic (exact) mass is 310 g/mol. The number of nitrogen functional groups attached to an aromatic ring is 1. The number of anilines is 2. The maximum absolute atomic E-state index is 13.5. The van der Waals surface area contributed by atoms with Crippen molar-refractivity contribution in [3.05, 3.63) is 46.3 Å². The zero-order valence-electron chi connectivity index (χ0n) is 9.77. The summed E-state index contributed by atoms with van der Waals surface area (Å²) in [5.41, 5.74) is 6.22. The lowest BCUT2D eigenvalue weighted by Gasteiger charge is -2.17. The van der Waals surface area contributed by atoms with Gasteiger partial charge in [-0.1, -0.05) is 18.2 Å². The third-order valence-electron chi connectivity index (χ3n) is 2.41. The van der Waals surface area contributed by atoms with E-state index in [1.807, 2.05) is 0 Å². The number of hydrogen-bond donors (Lipinski definition) is 1. The first kappa shape index (κ1) is 12.8. The summed E-state index contributed by atoms with van der Waals surface area (Å²) < 4.78 is 14.1. The highest BCUT2D eigenvalue weighted by atomic mass is 79.9. The number of rotatable bonds is 3. The van der Waals surface area contributed by atoms with Gasteiger partial charge >= 0.3 is 0 Å². The van der Waals surface area contributed by atoms with E-state index in [2.05, 4.69) is 25.9 Å². The van der Waals surface area contributed by atoms with Gasteiger partial charge in [0.2, 0.25) is 5.95 Å². The van der Waals surface area contributed by atoms with E-state index < -0.39 is 0 Å². The molecule has 0 aliphatic rings. The molecular formula is C12H12BrFN4. The van der Waals surface area contributed by atoms with Crippen LogP contribution in [0.3, 0.4) is 0 Å². The smallest absolute Gasteiger partial charge is 0.228 e. The summed E-state index contributed by atoms with van der Waals surface area (Å²) in [6.07, 6.45) is 0. The van der Waals surface area contributed by atoms with Gasteiger partial charge in [0, 0.05) is 25.2 Å². The molecule has 0 saturated heterocycles. The molecule has 0 amide bonds. The molecule has 2 N–H and O–H groups in total. The molecule has 0 atom stereocenters. The first-order valence-electron chi connectivity index (χ1n) is 5.31. The van der Waals surface area contributed by atoms with Crippen LogP contribution >= 0.6 is 15.9 Å². The zero-order chi connectivity index (χ0) is 13.1. The zero-order valence-corrected chi connectivity index (χ0v) is 11.4. The van der Waals surface area contributed by atoms with Crippen LogP contribution in [0.4, 0.5) is 16.2 Å². The topological polar surface area (TPSA) is 55.0 Å². The van der Waals surface area contributed by atoms with Crippen molar-refractivity contribution >= 4 is 27.7 Å². The van der Waals surface area contributed by atoms with E-state index in [4.69, 9.17) is 5.73 Å². The second-order valence-corrected chi connectivity index (χ2v) is 4.68. The Hall–Kier alpha value is -1.69. The van der Waals surface area contributed by atoms with Crippen LogP contribution < -0.4 is 10.6 Å². The van der Waals surface area contributed by atoms with Gasteiger partial charge in [-0.15, -0.1) is 0 Å². The Morgan fingerprint density at radius 3 is 2.72 bits per heavy atom. The van der Waals surface area contributed by atoms with Crippen molar-refractivity contribution in [1.29, 1.82) is 0 Å². The maximum Gasteiger partial charge on any atom is 0.228 e. The van der Waals surface area contributed by atoms with E-state index in [-0.39, 0.29) is 5.82 Å². The van der Waals surface area contributed by atoms with Crippen LogP contribution in [0, 0.1) is 5.82 Å². The molecule has 1 aromatic heterocycles. The number of hydrogen-bond acceptors (Lipinski definition) is 4. The molecule has 1 aromatic carbocycles. The molecule has 0 bridgehead atoms. The fourth-order valence-electron chi connectivity index (χ4n) is 1.55. The summed E-state index contributed by atoms with van der Waals surface area (Å²) in [6.45, 7) is 0.378. The van der Waals surface area contributed by atoms with Gasteiger partial charge < -0.3 is 10.6 Å². The van der Waals surface area contributed by atoms with Gasteiger partial charge in [0.05, 0.1) is 0 Å². The first-order chi connectivity index (χ1) is 8.56. The predicted octanol–water partition coefficient (Wildman–Crippen LogP) is 2.60. The van der Waals surface area contributed by atoms with Crippen LogP contribution in [0.2, 0.25) is 0 Å². The molecule has 18 heavy (non-hydrogen) atoms. The largest absolute Gasteiger partial charge is 0.383 e. The lowest BCUT2D eigenvalue weighted by molar-refractivity contribution is 0.607. The van der Waals surface area contributed by atoms with Crippen LogP contribution in [0.5, 0.6) is 0 Å². The molecule has 2 aromatic rings. The van der Waals surface area contributed by atoms with Crippen molar-refractivity contribution in [2.24, 2.45) is 0 Å². The van der Waals surface area contributed by atoms with Crippen molar-refractivity contribution in [2.45, 2.75) is 6.54 Å². The van der Waals surface area contributed by atoms with Crippen LogP contribution in [-0.4, -0.2) is 17.0 Å². The lowest BCUT2D eigenvalue weighted by atomic mass is 10.2. The quantitative estimate of drug-likeness (QED) is 0.885. The van der Waals surface area contributed by atoms with Crippen LogP contribution in [-0.2, 0) is 6.54 Å². The third kappa shape index (κ3) is 2.95. The maximum atomic E-state index is 13.5. The van der Waals surface area contributed by atoms with Gasteiger partial charge in [-0.05, 0) is 22.0 Å². The van der Waals surface area contributed by atoms with Crippen molar-refractivity contribution in [3.63, 3.8) is 0 Å². The number of halogens is 2. The highest BCUT2D eigenvalue weighted by Gasteiger charge is 2.09. The Labute approximate surface area is 113 Å². The molecular weight excluding hydrogens is 299 g/mol. The van der Waals surface area contributed by atoms with Crippen LogP contribution in [0.25, 0.3) is 0 Å². The minimum absolute atomic E-state index is 0.243. The standard InChI is InChI=1S/C12H12BrFN4/c1-18(7-8-4-2-3-5-9(8)14)12-16-10(13)6-11(15)17-12/h2-6H,7H2,1H3,(H2,15,16,17). The van der Waals surface area contributed by atoms with Crippen molar-refractivity contribution in [1.82, 2.24) is 9.97 Å². The van der Waals surface area contributed by atoms with E-state index in [1.54, 1.807) is 36.2 Å². The summed E-state index contributed by atoms with van der Waals surface area (Å²) in [5.74, 6) is 0.574. The van der Waals surface area contributed by atoms with Crippen molar-refractivity contribution in [3.8, 4) is 0 Å². The van der Waals surface area contributed by atoms with E-state index in [1.165, 1.54) is 6.07 Å². The first-order valence-corrected chi connectivity index (χ1v) is 6.10. The Balaban J connectivity index is 2.22. The van der Waals surface area contributed by atoms with Crippen LogP contribution in [0.15, 0.2) is 34.9 Å². The van der Waals surface area contributed by atoms with E-state index >= 15 is 0 Å². The van der Waals surface area contributed by atoms with Gasteiger partial charge in [0.15, 0.2) is 0 Å². The molecule has 0 saturated carbocycles.